The number of anilines is 2. The number of rotatable bonds is 6. The molecule has 5 aromatic rings. The van der Waals surface area contributed by atoms with Crippen LogP contribution in [-0.2, 0) is 6.61 Å². The Labute approximate surface area is 185 Å². The van der Waals surface area contributed by atoms with E-state index in [1.807, 2.05) is 61.5 Å². The molecule has 0 fully saturated rings. The molecule has 0 bridgehead atoms. The fourth-order valence-electron chi connectivity index (χ4n) is 3.76. The first-order valence-electron chi connectivity index (χ1n) is 10.4. The second kappa shape index (κ2) is 8.51. The lowest BCUT2D eigenvalue weighted by Gasteiger charge is -2.16. The van der Waals surface area contributed by atoms with E-state index in [-0.39, 0.29) is 0 Å². The molecular formula is C26H22N4O2. The van der Waals surface area contributed by atoms with Gasteiger partial charge in [-0.3, -0.25) is 0 Å². The van der Waals surface area contributed by atoms with Crippen LogP contribution in [0.5, 0.6) is 5.75 Å². The molecule has 0 aliphatic carbocycles. The second-order valence-corrected chi connectivity index (χ2v) is 7.56. The maximum absolute atomic E-state index is 6.05. The zero-order valence-electron chi connectivity index (χ0n) is 17.9. The number of hydrogen-bond acceptors (Lipinski definition) is 6. The van der Waals surface area contributed by atoms with Crippen molar-refractivity contribution >= 4 is 22.4 Å². The van der Waals surface area contributed by atoms with Gasteiger partial charge in [0.2, 0.25) is 0 Å². The van der Waals surface area contributed by atoms with Gasteiger partial charge in [0.15, 0.2) is 0 Å². The van der Waals surface area contributed by atoms with Crippen LogP contribution in [0.1, 0.15) is 17.0 Å². The summed E-state index contributed by atoms with van der Waals surface area (Å²) in [6.45, 7) is 4.29. The van der Waals surface area contributed by atoms with E-state index in [4.69, 9.17) is 9.26 Å². The molecule has 3 aromatic carbocycles. The van der Waals surface area contributed by atoms with Crippen molar-refractivity contribution in [2.75, 3.05) is 5.32 Å². The molecule has 0 saturated heterocycles. The molecule has 2 aromatic heterocycles. The summed E-state index contributed by atoms with van der Waals surface area (Å²) in [5, 5.41) is 8.49. The molecule has 0 aliphatic heterocycles. The van der Waals surface area contributed by atoms with E-state index in [9.17, 15) is 0 Å². The van der Waals surface area contributed by atoms with Crippen molar-refractivity contribution in [2.24, 2.45) is 0 Å². The third-order valence-corrected chi connectivity index (χ3v) is 5.35. The van der Waals surface area contributed by atoms with E-state index in [1.54, 1.807) is 6.33 Å². The van der Waals surface area contributed by atoms with Gasteiger partial charge in [0.05, 0.1) is 5.52 Å². The molecule has 1 N–H and O–H groups in total. The highest BCUT2D eigenvalue weighted by atomic mass is 16.5. The summed E-state index contributed by atoms with van der Waals surface area (Å²) in [5.41, 5.74) is 5.83. The van der Waals surface area contributed by atoms with Crippen LogP contribution >= 0.6 is 0 Å². The second-order valence-electron chi connectivity index (χ2n) is 7.56. The molecule has 0 aliphatic rings. The van der Waals surface area contributed by atoms with Gasteiger partial charge in [0, 0.05) is 22.7 Å². The minimum atomic E-state index is 0.356. The Morgan fingerprint density at radius 3 is 2.56 bits per heavy atom. The lowest BCUT2D eigenvalue weighted by atomic mass is 9.98. The predicted octanol–water partition coefficient (Wildman–Crippen LogP) is 6.22. The van der Waals surface area contributed by atoms with Crippen molar-refractivity contribution in [3.63, 3.8) is 0 Å². The van der Waals surface area contributed by atoms with Crippen molar-refractivity contribution in [3.05, 3.63) is 96.1 Å². The average Bonchev–Trinajstić information content (AvgIpc) is 3.24. The Morgan fingerprint density at radius 2 is 1.69 bits per heavy atom. The van der Waals surface area contributed by atoms with Gasteiger partial charge in [-0.15, -0.1) is 0 Å². The number of fused-ring (bicyclic) bond motifs is 1. The van der Waals surface area contributed by atoms with Gasteiger partial charge in [-0.1, -0.05) is 47.6 Å². The SMILES string of the molecule is Cc1cc(COc2cccc(-c3ccccc3Nc3ncnc4ccccc34)c2C)no1. The highest BCUT2D eigenvalue weighted by molar-refractivity contribution is 5.93. The number of nitrogens with zero attached hydrogens (tertiary/aromatic N) is 3. The van der Waals surface area contributed by atoms with Gasteiger partial charge in [0.1, 0.15) is 36.0 Å². The third-order valence-electron chi connectivity index (χ3n) is 5.35. The van der Waals surface area contributed by atoms with E-state index < -0.39 is 0 Å². The van der Waals surface area contributed by atoms with Crippen LogP contribution in [0.2, 0.25) is 0 Å². The average molecular weight is 422 g/mol. The van der Waals surface area contributed by atoms with Gasteiger partial charge < -0.3 is 14.6 Å². The van der Waals surface area contributed by atoms with E-state index in [0.717, 1.165) is 56.3 Å². The van der Waals surface area contributed by atoms with Crippen molar-refractivity contribution in [1.29, 1.82) is 0 Å². The molecule has 32 heavy (non-hydrogen) atoms. The first-order chi connectivity index (χ1) is 15.7. The molecule has 6 nitrogen and oxygen atoms in total. The molecule has 5 rings (SSSR count). The topological polar surface area (TPSA) is 73.1 Å². The number of hydrogen-bond donors (Lipinski definition) is 1. The lowest BCUT2D eigenvalue weighted by Crippen LogP contribution is -2.00. The summed E-state index contributed by atoms with van der Waals surface area (Å²) in [7, 11) is 0. The molecule has 0 spiro atoms. The summed E-state index contributed by atoms with van der Waals surface area (Å²) in [5.74, 6) is 2.35. The molecular weight excluding hydrogens is 400 g/mol. The molecule has 0 unspecified atom stereocenters. The number of ether oxygens (including phenoxy) is 1. The van der Waals surface area contributed by atoms with Gasteiger partial charge in [-0.2, -0.15) is 0 Å². The number of para-hydroxylation sites is 2. The monoisotopic (exact) mass is 422 g/mol. The molecule has 0 saturated carbocycles. The Kier molecular flexibility index (Phi) is 5.25. The normalized spacial score (nSPS) is 10.9. The Balaban J connectivity index is 1.48. The Hall–Kier alpha value is -4.19. The van der Waals surface area contributed by atoms with Crippen LogP contribution < -0.4 is 10.1 Å². The zero-order chi connectivity index (χ0) is 21.9. The van der Waals surface area contributed by atoms with Crippen LogP contribution in [0.25, 0.3) is 22.0 Å². The number of aromatic nitrogens is 3. The predicted molar refractivity (Wildman–Crippen MR) is 125 cm³/mol. The maximum atomic E-state index is 6.05. The largest absolute Gasteiger partial charge is 0.487 e. The highest BCUT2D eigenvalue weighted by Gasteiger charge is 2.13. The summed E-state index contributed by atoms with van der Waals surface area (Å²) < 4.78 is 11.2. The summed E-state index contributed by atoms with van der Waals surface area (Å²) in [6.07, 6.45) is 1.58. The number of benzene rings is 3. The molecule has 0 radical (unpaired) electrons. The third kappa shape index (κ3) is 3.90. The van der Waals surface area contributed by atoms with E-state index in [2.05, 4.69) is 45.6 Å². The van der Waals surface area contributed by atoms with Crippen molar-refractivity contribution in [3.8, 4) is 16.9 Å². The zero-order valence-corrected chi connectivity index (χ0v) is 17.9. The minimum absolute atomic E-state index is 0.356. The van der Waals surface area contributed by atoms with Crippen molar-refractivity contribution in [2.45, 2.75) is 20.5 Å². The maximum Gasteiger partial charge on any atom is 0.141 e. The molecule has 158 valence electrons. The Morgan fingerprint density at radius 1 is 0.875 bits per heavy atom. The van der Waals surface area contributed by atoms with Gasteiger partial charge in [0.25, 0.3) is 0 Å². The fourth-order valence-corrected chi connectivity index (χ4v) is 3.76. The van der Waals surface area contributed by atoms with Crippen molar-refractivity contribution in [1.82, 2.24) is 15.1 Å². The molecule has 2 heterocycles. The highest BCUT2D eigenvalue weighted by Crippen LogP contribution is 2.36. The lowest BCUT2D eigenvalue weighted by molar-refractivity contribution is 0.286. The standard InChI is InChI=1S/C26H22N4O2/c1-17-14-19(30-32-17)15-31-25-13-7-10-20(18(25)2)21-8-3-6-12-24(21)29-26-22-9-4-5-11-23(22)27-16-28-26/h3-14,16H,15H2,1-2H3,(H,27,28,29). The summed E-state index contributed by atoms with van der Waals surface area (Å²) in [6, 6.07) is 24.1. The molecule has 6 heteroatoms. The van der Waals surface area contributed by atoms with E-state index in [0.29, 0.717) is 6.61 Å². The number of nitrogens with one attached hydrogen (secondary N) is 1. The fraction of sp³-hybridized carbons (Fsp3) is 0.115. The van der Waals surface area contributed by atoms with E-state index >= 15 is 0 Å². The van der Waals surface area contributed by atoms with Crippen LogP contribution in [-0.4, -0.2) is 15.1 Å². The Bertz CT molecular complexity index is 1390. The van der Waals surface area contributed by atoms with Gasteiger partial charge >= 0.3 is 0 Å². The number of aryl methyl sites for hydroxylation is 1. The van der Waals surface area contributed by atoms with Crippen LogP contribution in [0.15, 0.2) is 83.6 Å². The van der Waals surface area contributed by atoms with Gasteiger partial charge in [-0.25, -0.2) is 9.97 Å². The van der Waals surface area contributed by atoms with Gasteiger partial charge in [-0.05, 0) is 49.2 Å². The first-order valence-corrected chi connectivity index (χ1v) is 10.4. The van der Waals surface area contributed by atoms with Crippen LogP contribution in [0.3, 0.4) is 0 Å². The molecule has 0 amide bonds. The quantitative estimate of drug-likeness (QED) is 0.350. The minimum Gasteiger partial charge on any atom is -0.487 e. The smallest absolute Gasteiger partial charge is 0.141 e. The van der Waals surface area contributed by atoms with Crippen LogP contribution in [0, 0.1) is 13.8 Å². The van der Waals surface area contributed by atoms with Crippen LogP contribution in [0.4, 0.5) is 11.5 Å². The van der Waals surface area contributed by atoms with Crippen molar-refractivity contribution < 1.29 is 9.26 Å². The summed E-state index contributed by atoms with van der Waals surface area (Å²) in [4.78, 5) is 8.84. The first kappa shape index (κ1) is 19.8. The van der Waals surface area contributed by atoms with E-state index in [1.165, 1.54) is 0 Å². The molecule has 0 atom stereocenters. The summed E-state index contributed by atoms with van der Waals surface area (Å²) >= 11 is 0.